The maximum Gasteiger partial charge on any atom is 0.253 e. The number of para-hydroxylation sites is 1. The highest BCUT2D eigenvalue weighted by molar-refractivity contribution is 6.07. The smallest absolute Gasteiger partial charge is 0.253 e. The van der Waals surface area contributed by atoms with E-state index in [2.05, 4.69) is 13.2 Å². The summed E-state index contributed by atoms with van der Waals surface area (Å²) in [6.45, 7) is 20.2. The number of aryl methyl sites for hydroxylation is 2. The van der Waals surface area contributed by atoms with Gasteiger partial charge in [-0.3, -0.25) is 14.4 Å². The number of ether oxygens (including phenoxy) is 2. The average molecular weight is 658 g/mol. The van der Waals surface area contributed by atoms with Crippen LogP contribution in [-0.2, 0) is 19.1 Å². The first-order valence-electron chi connectivity index (χ1n) is 17.2. The molecule has 0 radical (unpaired) electrons. The molecule has 7 atom stereocenters. The molecule has 1 spiro atoms. The lowest BCUT2D eigenvalue weighted by Gasteiger charge is -2.41. The van der Waals surface area contributed by atoms with Gasteiger partial charge in [0.05, 0.1) is 36.7 Å². The van der Waals surface area contributed by atoms with E-state index in [0.717, 1.165) is 16.8 Å². The van der Waals surface area contributed by atoms with Crippen LogP contribution in [0.4, 0.5) is 11.4 Å². The van der Waals surface area contributed by atoms with E-state index in [1.807, 2.05) is 84.0 Å². The van der Waals surface area contributed by atoms with Crippen molar-refractivity contribution in [3.05, 3.63) is 78.9 Å². The van der Waals surface area contributed by atoms with Crippen molar-refractivity contribution < 1.29 is 29.0 Å². The summed E-state index contributed by atoms with van der Waals surface area (Å²) in [5, 5.41) is 10.8. The second-order valence-corrected chi connectivity index (χ2v) is 13.8. The van der Waals surface area contributed by atoms with Crippen LogP contribution in [0.3, 0.4) is 0 Å². The topological polar surface area (TPSA) is 99.6 Å². The molecule has 0 aliphatic carbocycles. The number of anilines is 2. The van der Waals surface area contributed by atoms with Crippen LogP contribution >= 0.6 is 0 Å². The lowest BCUT2D eigenvalue weighted by molar-refractivity contribution is -0.149. The summed E-state index contributed by atoms with van der Waals surface area (Å²) in [4.78, 5) is 49.9. The van der Waals surface area contributed by atoms with Gasteiger partial charge in [0.15, 0.2) is 0 Å². The number of aliphatic hydroxyl groups excluding tert-OH is 1. The predicted molar refractivity (Wildman–Crippen MR) is 188 cm³/mol. The van der Waals surface area contributed by atoms with Crippen molar-refractivity contribution in [2.45, 2.75) is 84.1 Å². The quantitative estimate of drug-likeness (QED) is 0.265. The molecule has 3 fully saturated rings. The standard InChI is InChI=1S/C39H51N3O6/c1-9-22-40(28-16-18-29(19-17-28)47-12-4)35(44)31-32-36(45)42(30(24-43)25(5)11-3)34(39(32)21-20-38(31,8)48-39)37(46)41(23-10-2)33-26(6)14-13-15-27(33)7/h9-10,13-19,25,30-32,34,43H,1-2,11-12,20-24H2,3-8H3/t25-,30-,31-,32-,34?,38+,39?/m0/s1. The van der Waals surface area contributed by atoms with E-state index < -0.39 is 35.1 Å². The summed E-state index contributed by atoms with van der Waals surface area (Å²) in [7, 11) is 0. The second kappa shape index (κ2) is 13.9. The van der Waals surface area contributed by atoms with Gasteiger partial charge in [0, 0.05) is 24.5 Å². The molecule has 2 unspecified atom stereocenters. The molecule has 2 aromatic carbocycles. The molecule has 2 bridgehead atoms. The van der Waals surface area contributed by atoms with Crippen LogP contribution in [-0.4, -0.2) is 77.3 Å². The Morgan fingerprint density at radius 1 is 1.04 bits per heavy atom. The van der Waals surface area contributed by atoms with Gasteiger partial charge in [-0.2, -0.15) is 0 Å². The van der Waals surface area contributed by atoms with E-state index in [9.17, 15) is 14.7 Å². The fourth-order valence-corrected chi connectivity index (χ4v) is 8.50. The zero-order valence-electron chi connectivity index (χ0n) is 29.3. The molecular weight excluding hydrogens is 606 g/mol. The van der Waals surface area contributed by atoms with Crippen LogP contribution in [0.2, 0.25) is 0 Å². The van der Waals surface area contributed by atoms with E-state index in [1.165, 1.54) is 0 Å². The SMILES string of the molecule is C=CCN(C(=O)[C@@H]1[C@H]2C(=O)N([C@@H](CO)[C@@H](C)CC)C(C(=O)N(CC=C)c3c(C)cccc3C)C23CC[C@@]1(C)O3)c1ccc(OCC)cc1. The Labute approximate surface area is 285 Å². The lowest BCUT2D eigenvalue weighted by atomic mass is 9.66. The van der Waals surface area contributed by atoms with E-state index in [4.69, 9.17) is 9.47 Å². The molecule has 9 heteroatoms. The van der Waals surface area contributed by atoms with Gasteiger partial charge < -0.3 is 29.3 Å². The molecule has 258 valence electrons. The summed E-state index contributed by atoms with van der Waals surface area (Å²) in [5.41, 5.74) is 1.03. The number of carbonyl (C=O) groups excluding carboxylic acids is 3. The van der Waals surface area contributed by atoms with E-state index in [1.54, 1.807) is 26.9 Å². The van der Waals surface area contributed by atoms with Crippen LogP contribution in [0.25, 0.3) is 0 Å². The molecule has 1 N–H and O–H groups in total. The molecule has 48 heavy (non-hydrogen) atoms. The Morgan fingerprint density at radius 2 is 1.67 bits per heavy atom. The number of fused-ring (bicyclic) bond motifs is 1. The van der Waals surface area contributed by atoms with Crippen LogP contribution in [0.15, 0.2) is 67.8 Å². The van der Waals surface area contributed by atoms with Crippen LogP contribution < -0.4 is 14.5 Å². The molecule has 3 amide bonds. The number of benzene rings is 2. The molecule has 9 nitrogen and oxygen atoms in total. The zero-order chi connectivity index (χ0) is 35.0. The number of amides is 3. The minimum absolute atomic E-state index is 0.111. The Kier molecular flexibility index (Phi) is 10.2. The minimum atomic E-state index is -1.25. The van der Waals surface area contributed by atoms with E-state index in [-0.39, 0.29) is 43.3 Å². The maximum absolute atomic E-state index is 15.2. The molecule has 3 aliphatic heterocycles. The third kappa shape index (κ3) is 5.64. The van der Waals surface area contributed by atoms with Crippen molar-refractivity contribution in [1.29, 1.82) is 0 Å². The summed E-state index contributed by atoms with van der Waals surface area (Å²) in [6, 6.07) is 11.5. The van der Waals surface area contributed by atoms with Crippen molar-refractivity contribution >= 4 is 29.1 Å². The fourth-order valence-electron chi connectivity index (χ4n) is 8.50. The Morgan fingerprint density at radius 3 is 2.23 bits per heavy atom. The summed E-state index contributed by atoms with van der Waals surface area (Å²) < 4.78 is 12.6. The number of likely N-dealkylation sites (tertiary alicyclic amines) is 1. The monoisotopic (exact) mass is 657 g/mol. The number of rotatable bonds is 14. The van der Waals surface area contributed by atoms with Crippen LogP contribution in [0.1, 0.15) is 58.1 Å². The first-order chi connectivity index (χ1) is 22.9. The first kappa shape index (κ1) is 35.4. The Hall–Kier alpha value is -3.95. The molecule has 3 saturated heterocycles. The Balaban J connectivity index is 1.65. The zero-order valence-corrected chi connectivity index (χ0v) is 29.3. The highest BCUT2D eigenvalue weighted by Crippen LogP contribution is 2.64. The van der Waals surface area contributed by atoms with Crippen molar-refractivity contribution in [3.63, 3.8) is 0 Å². The molecule has 0 saturated carbocycles. The number of carbonyl (C=O) groups is 3. The molecule has 3 aliphatic rings. The predicted octanol–water partition coefficient (Wildman–Crippen LogP) is 5.61. The van der Waals surface area contributed by atoms with Crippen molar-refractivity contribution in [2.75, 3.05) is 36.1 Å². The van der Waals surface area contributed by atoms with Gasteiger partial charge in [0.1, 0.15) is 17.4 Å². The van der Waals surface area contributed by atoms with Gasteiger partial charge in [-0.1, -0.05) is 50.6 Å². The van der Waals surface area contributed by atoms with E-state index >= 15 is 4.79 Å². The Bertz CT molecular complexity index is 1540. The van der Waals surface area contributed by atoms with Crippen LogP contribution in [0, 0.1) is 31.6 Å². The fraction of sp³-hybridized carbons (Fsp3) is 0.513. The summed E-state index contributed by atoms with van der Waals surface area (Å²) in [6.07, 6.45) is 4.98. The van der Waals surface area contributed by atoms with Gasteiger partial charge in [-0.15, -0.1) is 13.2 Å². The minimum Gasteiger partial charge on any atom is -0.494 e. The molecule has 5 rings (SSSR count). The number of aliphatic hydroxyl groups is 1. The third-order valence-electron chi connectivity index (χ3n) is 10.9. The normalized spacial score (nSPS) is 26.9. The first-order valence-corrected chi connectivity index (χ1v) is 17.2. The van der Waals surface area contributed by atoms with Crippen molar-refractivity contribution in [3.8, 4) is 5.75 Å². The number of hydrogen-bond acceptors (Lipinski definition) is 6. The highest BCUT2D eigenvalue weighted by atomic mass is 16.5. The van der Waals surface area contributed by atoms with Gasteiger partial charge in [0.25, 0.3) is 5.91 Å². The summed E-state index contributed by atoms with van der Waals surface area (Å²) in [5.74, 6) is -2.05. The van der Waals surface area contributed by atoms with Gasteiger partial charge in [-0.05, 0) is 81.8 Å². The number of nitrogens with zero attached hydrogens (tertiary/aromatic N) is 3. The average Bonchev–Trinajstić information content (AvgIpc) is 3.64. The lowest BCUT2D eigenvalue weighted by Crippen LogP contribution is -2.60. The van der Waals surface area contributed by atoms with Gasteiger partial charge >= 0.3 is 0 Å². The van der Waals surface area contributed by atoms with Crippen LogP contribution in [0.5, 0.6) is 5.75 Å². The second-order valence-electron chi connectivity index (χ2n) is 13.8. The molecule has 0 aromatic heterocycles. The van der Waals surface area contributed by atoms with Crippen molar-refractivity contribution in [2.24, 2.45) is 17.8 Å². The largest absolute Gasteiger partial charge is 0.494 e. The van der Waals surface area contributed by atoms with E-state index in [0.29, 0.717) is 37.3 Å². The van der Waals surface area contributed by atoms with Crippen molar-refractivity contribution in [1.82, 2.24) is 4.90 Å². The van der Waals surface area contributed by atoms with Gasteiger partial charge in [0.2, 0.25) is 11.8 Å². The molecule has 2 aromatic rings. The summed E-state index contributed by atoms with van der Waals surface area (Å²) >= 11 is 0. The molecule has 3 heterocycles. The molecular formula is C39H51N3O6. The maximum atomic E-state index is 15.2. The highest BCUT2D eigenvalue weighted by Gasteiger charge is 2.79. The van der Waals surface area contributed by atoms with Gasteiger partial charge in [-0.25, -0.2) is 0 Å². The third-order valence-corrected chi connectivity index (χ3v) is 10.9. The number of hydrogen-bond donors (Lipinski definition) is 1.